The highest BCUT2D eigenvalue weighted by Gasteiger charge is 2.24. The Hall–Kier alpha value is -0.570. The zero-order valence-corrected chi connectivity index (χ0v) is 14.5. The first kappa shape index (κ1) is 16.8. The van der Waals surface area contributed by atoms with Crippen LogP contribution in [0.5, 0.6) is 0 Å². The van der Waals surface area contributed by atoms with Gasteiger partial charge in [-0.3, -0.25) is 4.79 Å². The summed E-state index contributed by atoms with van der Waals surface area (Å²) in [6.07, 6.45) is 0.802. The third-order valence-corrected chi connectivity index (χ3v) is 7.11. The van der Waals surface area contributed by atoms with E-state index in [9.17, 15) is 13.2 Å². The molecule has 1 saturated heterocycles. The molecule has 0 aliphatic carbocycles. The Morgan fingerprint density at radius 3 is 2.76 bits per heavy atom. The maximum Gasteiger partial charge on any atom is 0.261 e. The van der Waals surface area contributed by atoms with Gasteiger partial charge in [-0.25, -0.2) is 12.7 Å². The van der Waals surface area contributed by atoms with Crippen molar-refractivity contribution in [1.82, 2.24) is 9.62 Å². The number of aryl methyl sites for hydroxylation is 1. The van der Waals surface area contributed by atoms with Crippen LogP contribution >= 0.6 is 23.1 Å². The van der Waals surface area contributed by atoms with Gasteiger partial charge in [-0.15, -0.1) is 11.3 Å². The predicted molar refractivity (Wildman–Crippen MR) is 88.7 cm³/mol. The second-order valence-corrected chi connectivity index (χ2v) is 8.94. The van der Waals surface area contributed by atoms with Crippen LogP contribution in [-0.2, 0) is 16.4 Å². The van der Waals surface area contributed by atoms with Crippen molar-refractivity contribution in [1.29, 1.82) is 0 Å². The molecule has 2 rings (SSSR count). The zero-order valence-electron chi connectivity index (χ0n) is 12.0. The van der Waals surface area contributed by atoms with Crippen molar-refractivity contribution in [3.63, 3.8) is 0 Å². The Balaban J connectivity index is 1.84. The fraction of sp³-hybridized carbons (Fsp3) is 0.615. The van der Waals surface area contributed by atoms with Crippen molar-refractivity contribution in [2.75, 3.05) is 36.9 Å². The molecule has 0 bridgehead atoms. The Morgan fingerprint density at radius 2 is 2.10 bits per heavy atom. The van der Waals surface area contributed by atoms with E-state index in [1.54, 1.807) is 11.8 Å². The van der Waals surface area contributed by atoms with E-state index in [1.807, 2.05) is 18.4 Å². The largest absolute Gasteiger partial charge is 0.350 e. The van der Waals surface area contributed by atoms with Gasteiger partial charge in [0, 0.05) is 31.1 Å². The summed E-state index contributed by atoms with van der Waals surface area (Å²) in [6.45, 7) is 3.31. The summed E-state index contributed by atoms with van der Waals surface area (Å²) in [5.74, 6) is 1.49. The first-order chi connectivity index (χ1) is 10.0. The summed E-state index contributed by atoms with van der Waals surface area (Å²) in [5, 5.41) is 4.60. The average Bonchev–Trinajstić information content (AvgIpc) is 2.96. The molecule has 1 aliphatic heterocycles. The van der Waals surface area contributed by atoms with Crippen molar-refractivity contribution in [3.05, 3.63) is 21.9 Å². The van der Waals surface area contributed by atoms with E-state index in [-0.39, 0.29) is 18.2 Å². The van der Waals surface area contributed by atoms with E-state index in [1.165, 1.54) is 15.6 Å². The van der Waals surface area contributed by atoms with E-state index in [4.69, 9.17) is 0 Å². The highest BCUT2D eigenvalue weighted by molar-refractivity contribution is 7.99. The number of carbonyl (C=O) groups is 1. The lowest BCUT2D eigenvalue weighted by Gasteiger charge is -2.25. The van der Waals surface area contributed by atoms with Crippen molar-refractivity contribution in [2.45, 2.75) is 13.3 Å². The molecule has 21 heavy (non-hydrogen) atoms. The number of rotatable bonds is 6. The quantitative estimate of drug-likeness (QED) is 0.844. The number of hydrogen-bond acceptors (Lipinski definition) is 5. The molecule has 1 aliphatic rings. The number of thioether (sulfide) groups is 1. The van der Waals surface area contributed by atoms with Crippen LogP contribution < -0.4 is 5.32 Å². The highest BCUT2D eigenvalue weighted by atomic mass is 32.2. The molecule has 1 aromatic rings. The summed E-state index contributed by atoms with van der Waals surface area (Å²) in [6, 6.07) is 1.93. The molecular formula is C13H20N2O3S3. The molecule has 1 fully saturated rings. The number of hydrogen-bond donors (Lipinski definition) is 1. The topological polar surface area (TPSA) is 66.5 Å². The fourth-order valence-electron chi connectivity index (χ4n) is 2.14. The van der Waals surface area contributed by atoms with Gasteiger partial charge in [0.25, 0.3) is 5.91 Å². The van der Waals surface area contributed by atoms with Gasteiger partial charge in [-0.1, -0.05) is 6.92 Å². The standard InChI is InChI=1S/C13H20N2O3S3/c1-2-11-3-7-20-12(11)13(16)14-4-10-21(17,18)15-5-8-19-9-6-15/h3,7H,2,4-6,8-10H2,1H3,(H,14,16). The Kier molecular flexibility index (Phi) is 6.09. The Morgan fingerprint density at radius 1 is 1.38 bits per heavy atom. The van der Waals surface area contributed by atoms with Gasteiger partial charge in [0.2, 0.25) is 10.0 Å². The first-order valence-electron chi connectivity index (χ1n) is 6.94. The summed E-state index contributed by atoms with van der Waals surface area (Å²) in [7, 11) is -3.25. The number of thiophene rings is 1. The van der Waals surface area contributed by atoms with Gasteiger partial charge in [0.1, 0.15) is 0 Å². The lowest BCUT2D eigenvalue weighted by Crippen LogP contribution is -2.41. The minimum absolute atomic E-state index is 0.0315. The molecule has 1 aromatic heterocycles. The maximum absolute atomic E-state index is 12.1. The highest BCUT2D eigenvalue weighted by Crippen LogP contribution is 2.17. The monoisotopic (exact) mass is 348 g/mol. The van der Waals surface area contributed by atoms with E-state index in [2.05, 4.69) is 5.32 Å². The average molecular weight is 349 g/mol. The van der Waals surface area contributed by atoms with Crippen LogP contribution in [0.3, 0.4) is 0 Å². The van der Waals surface area contributed by atoms with Crippen LogP contribution in [-0.4, -0.2) is 55.5 Å². The number of carbonyl (C=O) groups excluding carboxylic acids is 1. The van der Waals surface area contributed by atoms with Crippen molar-refractivity contribution >= 4 is 39.0 Å². The lowest BCUT2D eigenvalue weighted by atomic mass is 10.2. The summed E-state index contributed by atoms with van der Waals surface area (Å²) in [4.78, 5) is 12.7. The van der Waals surface area contributed by atoms with Crippen LogP contribution in [0.2, 0.25) is 0 Å². The van der Waals surface area contributed by atoms with Crippen LogP contribution in [0, 0.1) is 0 Å². The molecule has 0 radical (unpaired) electrons. The Bertz CT molecular complexity index is 577. The van der Waals surface area contributed by atoms with Gasteiger partial charge >= 0.3 is 0 Å². The zero-order chi connectivity index (χ0) is 15.3. The Labute approximate surface area is 134 Å². The molecule has 8 heteroatoms. The normalized spacial score (nSPS) is 16.8. The van der Waals surface area contributed by atoms with Crippen molar-refractivity contribution in [2.24, 2.45) is 0 Å². The van der Waals surface area contributed by atoms with Gasteiger partial charge in [0.05, 0.1) is 10.6 Å². The van der Waals surface area contributed by atoms with Crippen LogP contribution in [0.1, 0.15) is 22.2 Å². The lowest BCUT2D eigenvalue weighted by molar-refractivity contribution is 0.0959. The van der Waals surface area contributed by atoms with Crippen LogP contribution in [0.15, 0.2) is 11.4 Å². The predicted octanol–water partition coefficient (Wildman–Crippen LogP) is 1.42. The molecule has 0 saturated carbocycles. The SMILES string of the molecule is CCc1ccsc1C(=O)NCCS(=O)(=O)N1CCSCC1. The van der Waals surface area contributed by atoms with Crippen LogP contribution in [0.4, 0.5) is 0 Å². The molecule has 0 aromatic carbocycles. The summed E-state index contributed by atoms with van der Waals surface area (Å²) < 4.78 is 25.8. The number of sulfonamides is 1. The van der Waals surface area contributed by atoms with Gasteiger partial charge in [0.15, 0.2) is 0 Å². The number of nitrogens with one attached hydrogen (secondary N) is 1. The third kappa shape index (κ3) is 4.45. The van der Waals surface area contributed by atoms with E-state index in [0.29, 0.717) is 18.0 Å². The minimum Gasteiger partial charge on any atom is -0.350 e. The molecule has 5 nitrogen and oxygen atoms in total. The van der Waals surface area contributed by atoms with Crippen LogP contribution in [0.25, 0.3) is 0 Å². The van der Waals surface area contributed by atoms with E-state index in [0.717, 1.165) is 23.5 Å². The van der Waals surface area contributed by atoms with Gasteiger partial charge in [-0.05, 0) is 23.4 Å². The summed E-state index contributed by atoms with van der Waals surface area (Å²) in [5.41, 5.74) is 1.01. The molecular weight excluding hydrogens is 328 g/mol. The van der Waals surface area contributed by atoms with E-state index < -0.39 is 10.0 Å². The number of amides is 1. The first-order valence-corrected chi connectivity index (χ1v) is 10.6. The van der Waals surface area contributed by atoms with Crippen molar-refractivity contribution in [3.8, 4) is 0 Å². The second kappa shape index (κ2) is 7.62. The summed E-state index contributed by atoms with van der Waals surface area (Å²) >= 11 is 3.16. The molecule has 0 unspecified atom stereocenters. The van der Waals surface area contributed by atoms with E-state index >= 15 is 0 Å². The smallest absolute Gasteiger partial charge is 0.261 e. The molecule has 0 atom stereocenters. The number of nitrogens with zero attached hydrogens (tertiary/aromatic N) is 1. The van der Waals surface area contributed by atoms with Gasteiger partial charge < -0.3 is 5.32 Å². The molecule has 0 spiro atoms. The molecule has 118 valence electrons. The molecule has 2 heterocycles. The molecule has 1 amide bonds. The second-order valence-electron chi connectivity index (χ2n) is 4.71. The van der Waals surface area contributed by atoms with Gasteiger partial charge in [-0.2, -0.15) is 11.8 Å². The minimum atomic E-state index is -3.25. The fourth-order valence-corrected chi connectivity index (χ4v) is 5.54. The maximum atomic E-state index is 12.1. The van der Waals surface area contributed by atoms with Crippen molar-refractivity contribution < 1.29 is 13.2 Å². The molecule has 1 N–H and O–H groups in total. The third-order valence-electron chi connectivity index (χ3n) is 3.34.